The van der Waals surface area contributed by atoms with Crippen molar-refractivity contribution < 1.29 is 18.5 Å². The van der Waals surface area contributed by atoms with Crippen molar-refractivity contribution in [3.63, 3.8) is 0 Å². The van der Waals surface area contributed by atoms with E-state index >= 15 is 0 Å². The highest BCUT2D eigenvalue weighted by molar-refractivity contribution is 5.76. The molecule has 0 aliphatic carbocycles. The van der Waals surface area contributed by atoms with Crippen molar-refractivity contribution in [2.24, 2.45) is 0 Å². The van der Waals surface area contributed by atoms with Crippen LogP contribution in [0, 0.1) is 0 Å². The number of aryl methyl sites for hydroxylation is 1. The summed E-state index contributed by atoms with van der Waals surface area (Å²) in [6, 6.07) is 9.14. The number of nitrogens with zero attached hydrogens (tertiary/aromatic N) is 3. The lowest BCUT2D eigenvalue weighted by atomic mass is 10.2. The Kier molecular flexibility index (Phi) is 5.46. The lowest BCUT2D eigenvalue weighted by Crippen LogP contribution is -2.30. The number of aromatic nitrogens is 2. The quantitative estimate of drug-likeness (QED) is 0.627. The SMILES string of the molecule is COc1cc(CCC(=O)N(Cc2cccnc2)Cc2ccco2)on1. The largest absolute Gasteiger partial charge is 0.479 e. The predicted molar refractivity (Wildman–Crippen MR) is 88.6 cm³/mol. The summed E-state index contributed by atoms with van der Waals surface area (Å²) < 4.78 is 15.5. The second-order valence-corrected chi connectivity index (χ2v) is 5.53. The number of hydrogen-bond donors (Lipinski definition) is 0. The van der Waals surface area contributed by atoms with Crippen LogP contribution in [-0.4, -0.2) is 28.1 Å². The molecule has 0 saturated carbocycles. The number of carbonyl (C=O) groups excluding carboxylic acids is 1. The molecule has 3 aromatic rings. The van der Waals surface area contributed by atoms with Gasteiger partial charge in [0.2, 0.25) is 5.91 Å². The van der Waals surface area contributed by atoms with E-state index < -0.39 is 0 Å². The van der Waals surface area contributed by atoms with Crippen LogP contribution in [0.3, 0.4) is 0 Å². The summed E-state index contributed by atoms with van der Waals surface area (Å²) >= 11 is 0. The maximum Gasteiger partial charge on any atom is 0.254 e. The van der Waals surface area contributed by atoms with Crippen LogP contribution in [-0.2, 0) is 24.3 Å². The van der Waals surface area contributed by atoms with Gasteiger partial charge in [0.15, 0.2) is 0 Å². The average molecular weight is 341 g/mol. The van der Waals surface area contributed by atoms with E-state index in [0.717, 1.165) is 11.3 Å². The van der Waals surface area contributed by atoms with Crippen molar-refractivity contribution in [3.05, 3.63) is 66.1 Å². The Morgan fingerprint density at radius 2 is 2.16 bits per heavy atom. The smallest absolute Gasteiger partial charge is 0.254 e. The molecule has 130 valence electrons. The number of methoxy groups -OCH3 is 1. The molecular formula is C18H19N3O4. The molecule has 25 heavy (non-hydrogen) atoms. The van der Waals surface area contributed by atoms with E-state index in [4.69, 9.17) is 13.7 Å². The zero-order valence-corrected chi connectivity index (χ0v) is 13.9. The van der Waals surface area contributed by atoms with Gasteiger partial charge in [-0.2, -0.15) is 0 Å². The van der Waals surface area contributed by atoms with Crippen molar-refractivity contribution in [1.29, 1.82) is 0 Å². The van der Waals surface area contributed by atoms with E-state index in [2.05, 4.69) is 10.1 Å². The first-order valence-corrected chi connectivity index (χ1v) is 7.93. The number of amides is 1. The molecule has 0 fully saturated rings. The first-order chi connectivity index (χ1) is 12.2. The fourth-order valence-corrected chi connectivity index (χ4v) is 2.43. The molecule has 0 aliphatic heterocycles. The second-order valence-electron chi connectivity index (χ2n) is 5.53. The Hall–Kier alpha value is -3.09. The lowest BCUT2D eigenvalue weighted by Gasteiger charge is -2.21. The van der Waals surface area contributed by atoms with E-state index in [1.54, 1.807) is 29.6 Å². The van der Waals surface area contributed by atoms with Crippen molar-refractivity contribution in [2.45, 2.75) is 25.9 Å². The van der Waals surface area contributed by atoms with Gasteiger partial charge in [0.1, 0.15) is 11.5 Å². The van der Waals surface area contributed by atoms with Crippen molar-refractivity contribution >= 4 is 5.91 Å². The molecule has 0 aliphatic rings. The molecule has 0 unspecified atom stereocenters. The summed E-state index contributed by atoms with van der Waals surface area (Å²) in [5.74, 6) is 1.75. The van der Waals surface area contributed by atoms with Crippen LogP contribution in [0.25, 0.3) is 0 Å². The van der Waals surface area contributed by atoms with Gasteiger partial charge in [0.25, 0.3) is 5.88 Å². The van der Waals surface area contributed by atoms with Gasteiger partial charge < -0.3 is 18.6 Å². The molecule has 1 amide bonds. The van der Waals surface area contributed by atoms with E-state index in [0.29, 0.717) is 37.6 Å². The van der Waals surface area contributed by atoms with Crippen LogP contribution in [0.5, 0.6) is 5.88 Å². The lowest BCUT2D eigenvalue weighted by molar-refractivity contribution is -0.132. The van der Waals surface area contributed by atoms with E-state index in [1.807, 2.05) is 24.3 Å². The van der Waals surface area contributed by atoms with Crippen LogP contribution in [0.1, 0.15) is 23.5 Å². The summed E-state index contributed by atoms with van der Waals surface area (Å²) in [5, 5.41) is 3.74. The third kappa shape index (κ3) is 4.69. The highest BCUT2D eigenvalue weighted by Crippen LogP contribution is 2.15. The topological polar surface area (TPSA) is 81.6 Å². The van der Waals surface area contributed by atoms with Gasteiger partial charge >= 0.3 is 0 Å². The molecule has 3 aromatic heterocycles. The summed E-state index contributed by atoms with van der Waals surface area (Å²) in [6.07, 6.45) is 5.82. The first-order valence-electron chi connectivity index (χ1n) is 7.93. The van der Waals surface area contributed by atoms with E-state index in [9.17, 15) is 4.79 Å². The number of furan rings is 1. The standard InChI is InChI=1S/C18H19N3O4/c1-23-17-10-15(25-20-17)6-7-18(22)21(13-16-5-3-9-24-16)12-14-4-2-8-19-11-14/h2-5,8-11H,6-7,12-13H2,1H3. The molecule has 7 heteroatoms. The maximum atomic E-state index is 12.7. The number of pyridine rings is 1. The van der Waals surface area contributed by atoms with Gasteiger partial charge in [-0.15, -0.1) is 0 Å². The van der Waals surface area contributed by atoms with Gasteiger partial charge in [0.05, 0.1) is 19.9 Å². The summed E-state index contributed by atoms with van der Waals surface area (Å²) in [4.78, 5) is 18.5. The van der Waals surface area contributed by atoms with Crippen LogP contribution in [0.15, 0.2) is 57.9 Å². The molecule has 0 saturated heterocycles. The minimum atomic E-state index is -0.00406. The summed E-state index contributed by atoms with van der Waals surface area (Å²) in [6.45, 7) is 0.869. The molecular weight excluding hydrogens is 322 g/mol. The Morgan fingerprint density at radius 1 is 1.24 bits per heavy atom. The zero-order chi connectivity index (χ0) is 17.5. The fraction of sp³-hybridized carbons (Fsp3) is 0.278. The molecule has 3 heterocycles. The van der Waals surface area contributed by atoms with Gasteiger partial charge in [-0.05, 0) is 28.9 Å². The molecule has 0 radical (unpaired) electrons. The molecule has 0 aromatic carbocycles. The van der Waals surface area contributed by atoms with Crippen molar-refractivity contribution in [1.82, 2.24) is 15.0 Å². The molecule has 0 spiro atoms. The Labute approximate surface area is 145 Å². The van der Waals surface area contributed by atoms with Gasteiger partial charge in [-0.25, -0.2) is 0 Å². The second kappa shape index (κ2) is 8.14. The predicted octanol–water partition coefficient (Wildman–Crippen LogP) is 2.83. The molecule has 0 N–H and O–H groups in total. The van der Waals surface area contributed by atoms with Crippen molar-refractivity contribution in [2.75, 3.05) is 7.11 Å². The van der Waals surface area contributed by atoms with E-state index in [-0.39, 0.29) is 5.91 Å². The van der Waals surface area contributed by atoms with Crippen LogP contribution >= 0.6 is 0 Å². The van der Waals surface area contributed by atoms with Gasteiger partial charge in [0, 0.05) is 37.8 Å². The van der Waals surface area contributed by atoms with Crippen LogP contribution in [0.4, 0.5) is 0 Å². The molecule has 0 bridgehead atoms. The average Bonchev–Trinajstić information content (AvgIpc) is 3.31. The van der Waals surface area contributed by atoms with Gasteiger partial charge in [-0.1, -0.05) is 6.07 Å². The van der Waals surface area contributed by atoms with E-state index in [1.165, 1.54) is 7.11 Å². The monoisotopic (exact) mass is 341 g/mol. The Morgan fingerprint density at radius 3 is 2.84 bits per heavy atom. The minimum Gasteiger partial charge on any atom is -0.479 e. The zero-order valence-electron chi connectivity index (χ0n) is 13.9. The van der Waals surface area contributed by atoms with Gasteiger partial charge in [-0.3, -0.25) is 9.78 Å². The first kappa shape index (κ1) is 16.8. The minimum absolute atomic E-state index is 0.00406. The normalized spacial score (nSPS) is 10.6. The summed E-state index contributed by atoms with van der Waals surface area (Å²) in [5.41, 5.74) is 0.962. The number of carbonyl (C=O) groups is 1. The molecule has 7 nitrogen and oxygen atoms in total. The Bertz CT molecular complexity index is 784. The molecule has 3 rings (SSSR count). The van der Waals surface area contributed by atoms with Crippen molar-refractivity contribution in [3.8, 4) is 5.88 Å². The fourth-order valence-electron chi connectivity index (χ4n) is 2.43. The number of rotatable bonds is 8. The van der Waals surface area contributed by atoms with Crippen LogP contribution < -0.4 is 4.74 Å². The highest BCUT2D eigenvalue weighted by atomic mass is 16.5. The number of hydrogen-bond acceptors (Lipinski definition) is 6. The van der Waals surface area contributed by atoms with Crippen LogP contribution in [0.2, 0.25) is 0 Å². The third-order valence-corrected chi connectivity index (χ3v) is 3.71. The summed E-state index contributed by atoms with van der Waals surface area (Å²) in [7, 11) is 1.52. The highest BCUT2D eigenvalue weighted by Gasteiger charge is 2.17. The third-order valence-electron chi connectivity index (χ3n) is 3.71. The number of ether oxygens (including phenoxy) is 1. The Balaban J connectivity index is 1.65. The molecule has 0 atom stereocenters. The maximum absolute atomic E-state index is 12.7.